The molecule has 0 saturated carbocycles. The van der Waals surface area contributed by atoms with Gasteiger partial charge in [-0.25, -0.2) is 8.42 Å². The van der Waals surface area contributed by atoms with Crippen molar-refractivity contribution in [3.05, 3.63) is 53.3 Å². The number of nitrogens with zero attached hydrogens (tertiary/aromatic N) is 2. The molecule has 0 unspecified atom stereocenters. The van der Waals surface area contributed by atoms with Crippen LogP contribution in [0.1, 0.15) is 36.0 Å². The summed E-state index contributed by atoms with van der Waals surface area (Å²) in [6.45, 7) is 1.00. The molecule has 1 fully saturated rings. The molecule has 26 heavy (non-hydrogen) atoms. The number of carbonyl (C=O) groups is 1. The van der Waals surface area contributed by atoms with Gasteiger partial charge in [0.05, 0.1) is 27.4 Å². The Hall–Kier alpha value is -1.96. The molecule has 0 spiro atoms. The fraction of sp³-hybridized carbons (Fsp3) is 0.333. The minimum atomic E-state index is -3.65. The van der Waals surface area contributed by atoms with Gasteiger partial charge in [-0.15, -0.1) is 0 Å². The zero-order valence-corrected chi connectivity index (χ0v) is 15.8. The fourth-order valence-corrected chi connectivity index (χ4v) is 4.65. The van der Waals surface area contributed by atoms with Crippen LogP contribution in [0.4, 0.5) is 5.69 Å². The maximum Gasteiger partial charge on any atom is 0.257 e. The monoisotopic (exact) mass is 393 g/mol. The molecule has 0 bridgehead atoms. The number of carbonyl (C=O) groups excluding carboxylic acids is 1. The Morgan fingerprint density at radius 1 is 1.12 bits per heavy atom. The van der Waals surface area contributed by atoms with E-state index in [0.717, 1.165) is 25.7 Å². The van der Waals surface area contributed by atoms with Crippen molar-refractivity contribution in [1.29, 1.82) is 0 Å². The van der Waals surface area contributed by atoms with Gasteiger partial charge in [0.25, 0.3) is 5.91 Å². The molecule has 1 amide bonds. The lowest BCUT2D eigenvalue weighted by atomic mass is 10.2. The number of hydrogen-bond donors (Lipinski definition) is 1. The summed E-state index contributed by atoms with van der Waals surface area (Å²) in [6, 6.07) is 7.62. The molecule has 1 aromatic heterocycles. The summed E-state index contributed by atoms with van der Waals surface area (Å²) in [6.07, 6.45) is 6.86. The summed E-state index contributed by atoms with van der Waals surface area (Å²) in [4.78, 5) is 16.5. The van der Waals surface area contributed by atoms with Gasteiger partial charge in [0.15, 0.2) is 0 Å². The number of rotatable bonds is 4. The van der Waals surface area contributed by atoms with Crippen molar-refractivity contribution in [1.82, 2.24) is 9.29 Å². The van der Waals surface area contributed by atoms with E-state index in [-0.39, 0.29) is 15.5 Å². The van der Waals surface area contributed by atoms with Crippen LogP contribution < -0.4 is 5.32 Å². The molecule has 0 aliphatic carbocycles. The lowest BCUT2D eigenvalue weighted by molar-refractivity contribution is 0.102. The molecule has 1 aliphatic rings. The van der Waals surface area contributed by atoms with Gasteiger partial charge in [-0.05, 0) is 43.2 Å². The van der Waals surface area contributed by atoms with E-state index in [0.29, 0.717) is 18.8 Å². The molecule has 1 aromatic carbocycles. The first kappa shape index (κ1) is 18.8. The van der Waals surface area contributed by atoms with Gasteiger partial charge in [-0.3, -0.25) is 9.78 Å². The van der Waals surface area contributed by atoms with Gasteiger partial charge in [0.1, 0.15) is 0 Å². The number of pyridine rings is 1. The third kappa shape index (κ3) is 4.23. The smallest absolute Gasteiger partial charge is 0.257 e. The molecule has 3 rings (SSSR count). The standard InChI is InChI=1S/C18H20ClN3O3S/c19-17-8-7-15(26(24,25)22-10-3-1-2-4-11-22)12-16(17)18(23)21-14-6-5-9-20-13-14/h5-9,12-13H,1-4,10-11H2,(H,21,23). The summed E-state index contributed by atoms with van der Waals surface area (Å²) in [5.74, 6) is -0.476. The Morgan fingerprint density at radius 2 is 1.85 bits per heavy atom. The van der Waals surface area contributed by atoms with Gasteiger partial charge in [0.2, 0.25) is 10.0 Å². The molecule has 1 aliphatic heterocycles. The van der Waals surface area contributed by atoms with Crippen LogP contribution in [0.5, 0.6) is 0 Å². The first-order chi connectivity index (χ1) is 12.5. The molecule has 6 nitrogen and oxygen atoms in total. The average Bonchev–Trinajstić information content (AvgIpc) is 2.92. The van der Waals surface area contributed by atoms with E-state index >= 15 is 0 Å². The van der Waals surface area contributed by atoms with Crippen LogP contribution in [0.15, 0.2) is 47.6 Å². The zero-order chi connectivity index (χ0) is 18.6. The minimum absolute atomic E-state index is 0.0835. The maximum atomic E-state index is 12.9. The van der Waals surface area contributed by atoms with E-state index in [9.17, 15) is 13.2 Å². The number of sulfonamides is 1. The van der Waals surface area contributed by atoms with E-state index in [1.165, 1.54) is 28.7 Å². The van der Waals surface area contributed by atoms with Crippen molar-refractivity contribution in [2.75, 3.05) is 18.4 Å². The number of halogens is 1. The molecule has 8 heteroatoms. The quantitative estimate of drug-likeness (QED) is 0.861. The minimum Gasteiger partial charge on any atom is -0.321 e. The summed E-state index contributed by atoms with van der Waals surface area (Å²) in [7, 11) is -3.65. The van der Waals surface area contributed by atoms with E-state index in [2.05, 4.69) is 10.3 Å². The first-order valence-electron chi connectivity index (χ1n) is 8.49. The molecule has 1 saturated heterocycles. The van der Waals surface area contributed by atoms with Crippen LogP contribution in [-0.2, 0) is 10.0 Å². The lowest BCUT2D eigenvalue weighted by Gasteiger charge is -2.20. The molecule has 2 aromatic rings. The van der Waals surface area contributed by atoms with Crippen LogP contribution >= 0.6 is 11.6 Å². The number of aromatic nitrogens is 1. The van der Waals surface area contributed by atoms with Crippen LogP contribution in [0.2, 0.25) is 5.02 Å². The number of hydrogen-bond acceptors (Lipinski definition) is 4. The first-order valence-corrected chi connectivity index (χ1v) is 10.3. The van der Waals surface area contributed by atoms with Gasteiger partial charge in [-0.1, -0.05) is 24.4 Å². The highest BCUT2D eigenvalue weighted by Gasteiger charge is 2.26. The molecule has 0 atom stereocenters. The van der Waals surface area contributed by atoms with E-state index in [4.69, 9.17) is 11.6 Å². The zero-order valence-electron chi connectivity index (χ0n) is 14.2. The summed E-state index contributed by atoms with van der Waals surface area (Å²) in [5.41, 5.74) is 0.626. The van der Waals surface area contributed by atoms with Crippen molar-refractivity contribution in [3.63, 3.8) is 0 Å². The molecular formula is C18H20ClN3O3S. The van der Waals surface area contributed by atoms with Gasteiger partial charge in [-0.2, -0.15) is 4.31 Å². The topological polar surface area (TPSA) is 79.4 Å². The van der Waals surface area contributed by atoms with Crippen molar-refractivity contribution in [3.8, 4) is 0 Å². The molecule has 0 radical (unpaired) electrons. The number of anilines is 1. The highest BCUT2D eigenvalue weighted by Crippen LogP contribution is 2.25. The van der Waals surface area contributed by atoms with Crippen molar-refractivity contribution in [2.45, 2.75) is 30.6 Å². The normalized spacial score (nSPS) is 16.0. The molecule has 138 valence electrons. The molecular weight excluding hydrogens is 374 g/mol. The molecule has 2 heterocycles. The van der Waals surface area contributed by atoms with Crippen LogP contribution in [0, 0.1) is 0 Å². The predicted molar refractivity (Wildman–Crippen MR) is 101 cm³/mol. The van der Waals surface area contributed by atoms with E-state index in [1.54, 1.807) is 18.3 Å². The molecule has 1 N–H and O–H groups in total. The lowest BCUT2D eigenvalue weighted by Crippen LogP contribution is -2.32. The summed E-state index contributed by atoms with van der Waals surface area (Å²) in [5, 5.41) is 2.87. The Kier molecular flexibility index (Phi) is 5.90. The largest absolute Gasteiger partial charge is 0.321 e. The van der Waals surface area contributed by atoms with E-state index < -0.39 is 15.9 Å². The van der Waals surface area contributed by atoms with Gasteiger partial charge >= 0.3 is 0 Å². The average molecular weight is 394 g/mol. The third-order valence-corrected chi connectivity index (χ3v) is 6.53. The Morgan fingerprint density at radius 3 is 2.50 bits per heavy atom. The van der Waals surface area contributed by atoms with Gasteiger partial charge in [0, 0.05) is 19.3 Å². The predicted octanol–water partition coefficient (Wildman–Crippen LogP) is 3.55. The van der Waals surface area contributed by atoms with Crippen LogP contribution in [-0.4, -0.2) is 36.7 Å². The number of benzene rings is 1. The highest BCUT2D eigenvalue weighted by molar-refractivity contribution is 7.89. The highest BCUT2D eigenvalue weighted by atomic mass is 35.5. The third-order valence-electron chi connectivity index (χ3n) is 4.30. The summed E-state index contributed by atoms with van der Waals surface area (Å²) < 4.78 is 27.3. The van der Waals surface area contributed by atoms with Crippen LogP contribution in [0.3, 0.4) is 0 Å². The second-order valence-electron chi connectivity index (χ2n) is 6.16. The number of amides is 1. The van der Waals surface area contributed by atoms with Crippen molar-refractivity contribution in [2.24, 2.45) is 0 Å². The van der Waals surface area contributed by atoms with E-state index in [1.807, 2.05) is 0 Å². The van der Waals surface area contributed by atoms with Crippen LogP contribution in [0.25, 0.3) is 0 Å². The Balaban J connectivity index is 1.88. The van der Waals surface area contributed by atoms with Crippen molar-refractivity contribution >= 4 is 33.2 Å². The Labute approximate surface area is 158 Å². The number of nitrogens with one attached hydrogen (secondary N) is 1. The van der Waals surface area contributed by atoms with Crippen molar-refractivity contribution < 1.29 is 13.2 Å². The second kappa shape index (κ2) is 8.16. The summed E-state index contributed by atoms with van der Waals surface area (Å²) >= 11 is 6.13. The maximum absolute atomic E-state index is 12.9. The fourth-order valence-electron chi connectivity index (χ4n) is 2.91. The Bertz CT molecular complexity index is 880. The van der Waals surface area contributed by atoms with Gasteiger partial charge < -0.3 is 5.32 Å². The SMILES string of the molecule is O=C(Nc1cccnc1)c1cc(S(=O)(=O)N2CCCCCC2)ccc1Cl. The second-order valence-corrected chi connectivity index (χ2v) is 8.50.